The van der Waals surface area contributed by atoms with Crippen LogP contribution >= 0.6 is 0 Å². The van der Waals surface area contributed by atoms with Crippen molar-refractivity contribution < 1.29 is 8.42 Å². The fourth-order valence-electron chi connectivity index (χ4n) is 3.12. The van der Waals surface area contributed by atoms with Gasteiger partial charge in [0.15, 0.2) is 9.84 Å². The van der Waals surface area contributed by atoms with E-state index in [1.165, 1.54) is 0 Å². The fourth-order valence-corrected chi connectivity index (χ4v) is 4.88. The monoisotopic (exact) mass is 311 g/mol. The lowest BCUT2D eigenvalue weighted by Crippen LogP contribution is -2.51. The highest BCUT2D eigenvalue weighted by Crippen LogP contribution is 2.21. The second-order valence-corrected chi connectivity index (χ2v) is 8.03. The predicted molar refractivity (Wildman–Crippen MR) is 82.0 cm³/mol. The van der Waals surface area contributed by atoms with E-state index in [1.807, 2.05) is 13.0 Å². The number of sulfone groups is 1. The zero-order valence-corrected chi connectivity index (χ0v) is 13.0. The van der Waals surface area contributed by atoms with Gasteiger partial charge in [-0.05, 0) is 13.3 Å². The number of aromatic nitrogens is 2. The van der Waals surface area contributed by atoms with Crippen molar-refractivity contribution in [2.24, 2.45) is 0 Å². The van der Waals surface area contributed by atoms with Crippen molar-refractivity contribution in [2.45, 2.75) is 19.4 Å². The molecule has 0 aliphatic carbocycles. The molecule has 116 valence electrons. The number of piperazine rings is 1. The standard InChI is InChI=1S/C13H21N5O2S/c1-10-8-12(16-13(14)15-10)18-5-3-17(4-6-18)11-2-7-21(19,20)9-11/h8,11H,2-7,9H2,1H3,(H2,14,15,16). The van der Waals surface area contributed by atoms with Crippen LogP contribution in [-0.2, 0) is 9.84 Å². The van der Waals surface area contributed by atoms with E-state index in [1.54, 1.807) is 0 Å². The topological polar surface area (TPSA) is 92.4 Å². The summed E-state index contributed by atoms with van der Waals surface area (Å²) in [6.07, 6.45) is 0.766. The first-order valence-electron chi connectivity index (χ1n) is 7.23. The van der Waals surface area contributed by atoms with Crippen LogP contribution in [-0.4, -0.2) is 67.0 Å². The van der Waals surface area contributed by atoms with Gasteiger partial charge in [-0.15, -0.1) is 0 Å². The van der Waals surface area contributed by atoms with Crippen LogP contribution in [0, 0.1) is 6.92 Å². The second kappa shape index (κ2) is 5.42. The summed E-state index contributed by atoms with van der Waals surface area (Å²) in [5, 5.41) is 0. The summed E-state index contributed by atoms with van der Waals surface area (Å²) in [6, 6.07) is 2.13. The minimum Gasteiger partial charge on any atom is -0.368 e. The van der Waals surface area contributed by atoms with Crippen molar-refractivity contribution in [3.8, 4) is 0 Å². The largest absolute Gasteiger partial charge is 0.368 e. The maximum atomic E-state index is 11.6. The molecule has 1 aromatic rings. The van der Waals surface area contributed by atoms with Crippen LogP contribution in [0.2, 0.25) is 0 Å². The van der Waals surface area contributed by atoms with Gasteiger partial charge < -0.3 is 10.6 Å². The molecule has 1 aromatic heterocycles. The number of hydrogen-bond acceptors (Lipinski definition) is 7. The van der Waals surface area contributed by atoms with Gasteiger partial charge in [-0.1, -0.05) is 0 Å². The molecular formula is C13H21N5O2S. The number of nitrogens with two attached hydrogens (primary N) is 1. The molecule has 0 saturated carbocycles. The van der Waals surface area contributed by atoms with Gasteiger partial charge in [-0.2, -0.15) is 4.98 Å². The SMILES string of the molecule is Cc1cc(N2CCN(C3CCS(=O)(=O)C3)CC2)nc(N)n1. The second-order valence-electron chi connectivity index (χ2n) is 5.81. The normalized spacial score (nSPS) is 26.1. The molecule has 1 atom stereocenters. The average molecular weight is 311 g/mol. The van der Waals surface area contributed by atoms with Crippen LogP contribution in [0.25, 0.3) is 0 Å². The number of nitrogen functional groups attached to an aromatic ring is 1. The van der Waals surface area contributed by atoms with Gasteiger partial charge in [-0.3, -0.25) is 4.90 Å². The van der Waals surface area contributed by atoms with Gasteiger partial charge in [0.2, 0.25) is 5.95 Å². The lowest BCUT2D eigenvalue weighted by molar-refractivity contribution is 0.200. The summed E-state index contributed by atoms with van der Waals surface area (Å²) < 4.78 is 23.2. The van der Waals surface area contributed by atoms with Crippen LogP contribution in [0.1, 0.15) is 12.1 Å². The van der Waals surface area contributed by atoms with E-state index in [4.69, 9.17) is 5.73 Å². The van der Waals surface area contributed by atoms with E-state index in [0.717, 1.165) is 44.1 Å². The third-order valence-electron chi connectivity index (χ3n) is 4.22. The zero-order chi connectivity index (χ0) is 15.0. The number of aryl methyl sites for hydroxylation is 1. The first-order chi connectivity index (χ1) is 9.93. The van der Waals surface area contributed by atoms with Crippen LogP contribution in [0.15, 0.2) is 6.07 Å². The molecule has 0 radical (unpaired) electrons. The quantitative estimate of drug-likeness (QED) is 0.800. The Balaban J connectivity index is 1.63. The van der Waals surface area contributed by atoms with E-state index in [2.05, 4.69) is 19.8 Å². The Kier molecular flexibility index (Phi) is 3.75. The van der Waals surface area contributed by atoms with Gasteiger partial charge in [0.1, 0.15) is 5.82 Å². The Hall–Kier alpha value is -1.41. The predicted octanol–water partition coefficient (Wildman–Crippen LogP) is -0.324. The Morgan fingerprint density at radius 2 is 1.95 bits per heavy atom. The molecular weight excluding hydrogens is 290 g/mol. The van der Waals surface area contributed by atoms with Crippen molar-refractivity contribution in [1.82, 2.24) is 14.9 Å². The molecule has 0 bridgehead atoms. The van der Waals surface area contributed by atoms with Gasteiger partial charge >= 0.3 is 0 Å². The smallest absolute Gasteiger partial charge is 0.222 e. The van der Waals surface area contributed by atoms with Gasteiger partial charge in [0, 0.05) is 44.0 Å². The van der Waals surface area contributed by atoms with Crippen LogP contribution in [0.3, 0.4) is 0 Å². The number of anilines is 2. The molecule has 2 aliphatic rings. The molecule has 0 amide bonds. The molecule has 3 heterocycles. The number of rotatable bonds is 2. The van der Waals surface area contributed by atoms with Crippen LogP contribution in [0.4, 0.5) is 11.8 Å². The molecule has 8 heteroatoms. The highest BCUT2D eigenvalue weighted by Gasteiger charge is 2.33. The summed E-state index contributed by atoms with van der Waals surface area (Å²) in [5.74, 6) is 1.81. The minimum atomic E-state index is -2.81. The van der Waals surface area contributed by atoms with Gasteiger partial charge in [0.05, 0.1) is 11.5 Å². The fraction of sp³-hybridized carbons (Fsp3) is 0.692. The van der Waals surface area contributed by atoms with Gasteiger partial charge in [-0.25, -0.2) is 13.4 Å². The molecule has 21 heavy (non-hydrogen) atoms. The van der Waals surface area contributed by atoms with E-state index < -0.39 is 9.84 Å². The van der Waals surface area contributed by atoms with Crippen LogP contribution in [0.5, 0.6) is 0 Å². The maximum Gasteiger partial charge on any atom is 0.222 e. The van der Waals surface area contributed by atoms with Crippen molar-refractivity contribution in [3.05, 3.63) is 11.8 Å². The van der Waals surface area contributed by atoms with E-state index in [0.29, 0.717) is 17.5 Å². The van der Waals surface area contributed by atoms with E-state index >= 15 is 0 Å². The van der Waals surface area contributed by atoms with Crippen molar-refractivity contribution in [1.29, 1.82) is 0 Å². The molecule has 7 nitrogen and oxygen atoms in total. The highest BCUT2D eigenvalue weighted by atomic mass is 32.2. The maximum absolute atomic E-state index is 11.6. The third-order valence-corrected chi connectivity index (χ3v) is 5.97. The van der Waals surface area contributed by atoms with E-state index in [-0.39, 0.29) is 6.04 Å². The zero-order valence-electron chi connectivity index (χ0n) is 12.2. The van der Waals surface area contributed by atoms with Crippen molar-refractivity contribution in [3.63, 3.8) is 0 Å². The molecule has 1 unspecified atom stereocenters. The molecule has 0 spiro atoms. The molecule has 2 N–H and O–H groups in total. The first-order valence-corrected chi connectivity index (χ1v) is 9.06. The molecule has 2 saturated heterocycles. The Bertz CT molecular complexity index is 605. The third kappa shape index (κ3) is 3.26. The number of nitrogens with zero attached hydrogens (tertiary/aromatic N) is 4. The molecule has 3 rings (SSSR count). The van der Waals surface area contributed by atoms with Crippen molar-refractivity contribution >= 4 is 21.6 Å². The minimum absolute atomic E-state index is 0.189. The summed E-state index contributed by atoms with van der Waals surface area (Å²) >= 11 is 0. The Morgan fingerprint density at radius 1 is 1.24 bits per heavy atom. The Morgan fingerprint density at radius 3 is 2.52 bits per heavy atom. The van der Waals surface area contributed by atoms with Crippen LogP contribution < -0.4 is 10.6 Å². The summed E-state index contributed by atoms with van der Waals surface area (Å²) in [4.78, 5) is 12.8. The first kappa shape index (κ1) is 14.5. The summed E-state index contributed by atoms with van der Waals surface area (Å²) in [5.41, 5.74) is 6.56. The lowest BCUT2D eigenvalue weighted by atomic mass is 10.2. The van der Waals surface area contributed by atoms with E-state index in [9.17, 15) is 8.42 Å². The summed E-state index contributed by atoms with van der Waals surface area (Å²) in [7, 11) is -2.81. The average Bonchev–Trinajstić information content (AvgIpc) is 2.78. The lowest BCUT2D eigenvalue weighted by Gasteiger charge is -2.38. The highest BCUT2D eigenvalue weighted by molar-refractivity contribution is 7.91. The number of hydrogen-bond donors (Lipinski definition) is 1. The molecule has 2 aliphatic heterocycles. The molecule has 0 aromatic carbocycles. The van der Waals surface area contributed by atoms with Gasteiger partial charge in [0.25, 0.3) is 0 Å². The molecule has 2 fully saturated rings. The summed E-state index contributed by atoms with van der Waals surface area (Å²) in [6.45, 7) is 5.31. The van der Waals surface area contributed by atoms with Crippen molar-refractivity contribution in [2.75, 3.05) is 48.3 Å². The Labute approximate surface area is 125 Å².